The van der Waals surface area contributed by atoms with Gasteiger partial charge in [-0.05, 0) is 63.1 Å². The van der Waals surface area contributed by atoms with Crippen molar-refractivity contribution in [1.29, 1.82) is 0 Å². The van der Waals surface area contributed by atoms with Crippen LogP contribution in [0.2, 0.25) is 0 Å². The lowest BCUT2D eigenvalue weighted by Gasteiger charge is -2.06. The number of benzene rings is 2. The summed E-state index contributed by atoms with van der Waals surface area (Å²) in [4.78, 5) is 12.1. The third-order valence-corrected chi connectivity index (χ3v) is 4.81. The summed E-state index contributed by atoms with van der Waals surface area (Å²) in [5, 5.41) is 11.4. The van der Waals surface area contributed by atoms with Gasteiger partial charge in [0.1, 0.15) is 0 Å². The smallest absolute Gasteiger partial charge is 0.277 e. The first-order valence-corrected chi connectivity index (χ1v) is 9.31. The molecular formula is C20H21N3O2S. The molecule has 0 radical (unpaired) electrons. The highest BCUT2D eigenvalue weighted by molar-refractivity contribution is 7.99. The van der Waals surface area contributed by atoms with Gasteiger partial charge in [0.25, 0.3) is 5.22 Å². The lowest BCUT2D eigenvalue weighted by Crippen LogP contribution is -2.14. The van der Waals surface area contributed by atoms with Crippen molar-refractivity contribution in [3.63, 3.8) is 0 Å². The van der Waals surface area contributed by atoms with E-state index in [9.17, 15) is 4.79 Å². The topological polar surface area (TPSA) is 68.0 Å². The summed E-state index contributed by atoms with van der Waals surface area (Å²) in [6.07, 6.45) is 0. The van der Waals surface area contributed by atoms with Crippen molar-refractivity contribution < 1.29 is 9.21 Å². The van der Waals surface area contributed by atoms with Gasteiger partial charge in [-0.3, -0.25) is 4.79 Å². The molecule has 134 valence electrons. The zero-order chi connectivity index (χ0) is 18.7. The van der Waals surface area contributed by atoms with Gasteiger partial charge in [-0.15, -0.1) is 10.2 Å². The Hall–Kier alpha value is -2.60. The maximum atomic E-state index is 12.1. The third-order valence-electron chi connectivity index (χ3n) is 3.99. The molecule has 1 amide bonds. The minimum Gasteiger partial charge on any atom is -0.411 e. The zero-order valence-corrected chi connectivity index (χ0v) is 16.1. The van der Waals surface area contributed by atoms with Gasteiger partial charge in [0, 0.05) is 11.3 Å². The molecule has 0 saturated heterocycles. The lowest BCUT2D eigenvalue weighted by atomic mass is 10.1. The molecule has 6 heteroatoms. The van der Waals surface area contributed by atoms with Gasteiger partial charge >= 0.3 is 0 Å². The van der Waals surface area contributed by atoms with Crippen molar-refractivity contribution in [3.8, 4) is 11.5 Å². The van der Waals surface area contributed by atoms with Crippen LogP contribution >= 0.6 is 11.8 Å². The van der Waals surface area contributed by atoms with Crippen LogP contribution in [0.4, 0.5) is 5.69 Å². The number of amides is 1. The van der Waals surface area contributed by atoms with Crippen LogP contribution in [0.1, 0.15) is 22.3 Å². The van der Waals surface area contributed by atoms with Crippen molar-refractivity contribution in [3.05, 3.63) is 58.7 Å². The second kappa shape index (κ2) is 7.74. The molecule has 3 aromatic rings. The number of hydrogen-bond donors (Lipinski definition) is 1. The quantitative estimate of drug-likeness (QED) is 0.662. The van der Waals surface area contributed by atoms with Crippen LogP contribution < -0.4 is 5.32 Å². The summed E-state index contributed by atoms with van der Waals surface area (Å²) in [5.41, 5.74) is 6.30. The number of aromatic nitrogens is 2. The van der Waals surface area contributed by atoms with E-state index in [1.165, 1.54) is 17.3 Å². The molecule has 0 aliphatic heterocycles. The van der Waals surface area contributed by atoms with Crippen molar-refractivity contribution in [2.45, 2.75) is 32.9 Å². The molecule has 1 N–H and O–H groups in total. The van der Waals surface area contributed by atoms with Gasteiger partial charge < -0.3 is 9.73 Å². The third kappa shape index (κ3) is 4.52. The van der Waals surface area contributed by atoms with Crippen LogP contribution in [0.25, 0.3) is 11.5 Å². The highest BCUT2D eigenvalue weighted by Crippen LogP contribution is 2.25. The summed E-state index contributed by atoms with van der Waals surface area (Å²) in [5.74, 6) is 0.569. The Balaban J connectivity index is 1.60. The molecule has 2 aromatic carbocycles. The summed E-state index contributed by atoms with van der Waals surface area (Å²) < 4.78 is 5.68. The lowest BCUT2D eigenvalue weighted by molar-refractivity contribution is -0.113. The second-order valence-corrected chi connectivity index (χ2v) is 7.31. The summed E-state index contributed by atoms with van der Waals surface area (Å²) in [6, 6.07) is 11.9. The average molecular weight is 367 g/mol. The minimum absolute atomic E-state index is 0.107. The highest BCUT2D eigenvalue weighted by atomic mass is 32.2. The number of rotatable bonds is 5. The molecule has 0 fully saturated rings. The Morgan fingerprint density at radius 2 is 1.73 bits per heavy atom. The van der Waals surface area contributed by atoms with E-state index in [0.717, 1.165) is 27.9 Å². The van der Waals surface area contributed by atoms with E-state index in [-0.39, 0.29) is 11.7 Å². The number of thioether (sulfide) groups is 1. The second-order valence-electron chi connectivity index (χ2n) is 6.39. The first-order valence-electron chi connectivity index (χ1n) is 8.33. The summed E-state index contributed by atoms with van der Waals surface area (Å²) in [6.45, 7) is 8.12. The number of anilines is 1. The van der Waals surface area contributed by atoms with Crippen molar-refractivity contribution in [1.82, 2.24) is 10.2 Å². The Morgan fingerprint density at radius 3 is 2.42 bits per heavy atom. The van der Waals surface area contributed by atoms with E-state index in [2.05, 4.69) is 21.6 Å². The maximum Gasteiger partial charge on any atom is 0.277 e. The SMILES string of the molecule is Cc1cc(C)cc(-c2nnc(SCC(=O)Nc3ccc(C)c(C)c3)o2)c1. The Morgan fingerprint density at radius 1 is 1.00 bits per heavy atom. The van der Waals surface area contributed by atoms with Crippen LogP contribution in [0.5, 0.6) is 0 Å². The molecule has 3 rings (SSSR count). The number of nitrogens with one attached hydrogen (secondary N) is 1. The first kappa shape index (κ1) is 18.2. The van der Waals surface area contributed by atoms with Crippen molar-refractivity contribution >= 4 is 23.4 Å². The predicted molar refractivity (Wildman–Crippen MR) is 104 cm³/mol. The van der Waals surface area contributed by atoms with E-state index < -0.39 is 0 Å². The number of nitrogens with zero attached hydrogens (tertiary/aromatic N) is 2. The normalized spacial score (nSPS) is 10.8. The number of hydrogen-bond acceptors (Lipinski definition) is 5. The molecule has 0 aliphatic rings. The molecule has 1 aromatic heterocycles. The van der Waals surface area contributed by atoms with E-state index in [1.807, 2.05) is 58.0 Å². The largest absolute Gasteiger partial charge is 0.411 e. The van der Waals surface area contributed by atoms with Gasteiger partial charge in [-0.2, -0.15) is 0 Å². The standard InChI is InChI=1S/C20H21N3O2S/c1-12-7-13(2)9-16(8-12)19-22-23-20(25-19)26-11-18(24)21-17-6-5-14(3)15(4)10-17/h5-10H,11H2,1-4H3,(H,21,24). The van der Waals surface area contributed by atoms with Crippen molar-refractivity contribution in [2.24, 2.45) is 0 Å². The predicted octanol–water partition coefficient (Wildman–Crippen LogP) is 4.70. The van der Waals surface area contributed by atoms with E-state index in [4.69, 9.17) is 4.42 Å². The minimum atomic E-state index is -0.107. The van der Waals surface area contributed by atoms with Crippen LogP contribution in [-0.2, 0) is 4.79 Å². The fourth-order valence-electron chi connectivity index (χ4n) is 2.63. The summed E-state index contributed by atoms with van der Waals surface area (Å²) in [7, 11) is 0. The summed E-state index contributed by atoms with van der Waals surface area (Å²) >= 11 is 1.23. The van der Waals surface area contributed by atoms with Gasteiger partial charge in [0.2, 0.25) is 11.8 Å². The molecule has 0 atom stereocenters. The van der Waals surface area contributed by atoms with Crippen LogP contribution in [0.15, 0.2) is 46.0 Å². The molecule has 0 unspecified atom stereocenters. The molecule has 0 spiro atoms. The van der Waals surface area contributed by atoms with E-state index in [0.29, 0.717) is 11.1 Å². The molecule has 0 aliphatic carbocycles. The fourth-order valence-corrected chi connectivity index (χ4v) is 3.19. The van der Waals surface area contributed by atoms with Gasteiger partial charge in [0.05, 0.1) is 5.75 Å². The molecule has 1 heterocycles. The molecule has 26 heavy (non-hydrogen) atoms. The maximum absolute atomic E-state index is 12.1. The van der Waals surface area contributed by atoms with Crippen LogP contribution in [0.3, 0.4) is 0 Å². The number of carbonyl (C=O) groups excluding carboxylic acids is 1. The van der Waals surface area contributed by atoms with Crippen molar-refractivity contribution in [2.75, 3.05) is 11.1 Å². The van der Waals surface area contributed by atoms with Gasteiger partial charge in [-0.25, -0.2) is 0 Å². The number of carbonyl (C=O) groups is 1. The molecular weight excluding hydrogens is 346 g/mol. The number of aryl methyl sites for hydroxylation is 4. The van der Waals surface area contributed by atoms with Gasteiger partial charge in [-0.1, -0.05) is 35.0 Å². The van der Waals surface area contributed by atoms with E-state index >= 15 is 0 Å². The Labute approximate surface area is 157 Å². The first-order chi connectivity index (χ1) is 12.4. The average Bonchev–Trinajstić information content (AvgIpc) is 3.05. The van der Waals surface area contributed by atoms with Gasteiger partial charge in [0.15, 0.2) is 0 Å². The molecule has 0 bridgehead atoms. The van der Waals surface area contributed by atoms with E-state index in [1.54, 1.807) is 0 Å². The zero-order valence-electron chi connectivity index (χ0n) is 15.3. The van der Waals surface area contributed by atoms with Crippen LogP contribution in [-0.4, -0.2) is 21.9 Å². The molecule has 5 nitrogen and oxygen atoms in total. The van der Waals surface area contributed by atoms with Crippen LogP contribution in [0, 0.1) is 27.7 Å². The fraction of sp³-hybridized carbons (Fsp3) is 0.250. The Kier molecular flexibility index (Phi) is 5.42. The molecule has 0 saturated carbocycles. The Bertz CT molecular complexity index is 930. The highest BCUT2D eigenvalue weighted by Gasteiger charge is 2.12. The monoisotopic (exact) mass is 367 g/mol.